The van der Waals surface area contributed by atoms with E-state index in [1.807, 2.05) is 24.3 Å². The van der Waals surface area contributed by atoms with Crippen molar-refractivity contribution in [2.45, 2.75) is 19.4 Å². The maximum absolute atomic E-state index is 13.1. The number of sulfonamides is 1. The number of fused-ring (bicyclic) bond motifs is 1. The monoisotopic (exact) mass is 445 g/mol. The van der Waals surface area contributed by atoms with Crippen LogP contribution in [-0.2, 0) is 32.6 Å². The minimum atomic E-state index is -3.51. The fourth-order valence-electron chi connectivity index (χ4n) is 4.04. The van der Waals surface area contributed by atoms with Gasteiger partial charge in [-0.15, -0.1) is 0 Å². The van der Waals surface area contributed by atoms with Crippen molar-refractivity contribution < 1.29 is 22.4 Å². The van der Waals surface area contributed by atoms with Gasteiger partial charge in [0, 0.05) is 38.3 Å². The standard InChI is InChI=1S/C22H24FN3O4S/c23-19-5-7-20(8-6-19)26-15-18(13-21(26)27)22(28)24-10-12-31(29,30)25-11-9-16-3-1-2-4-17(16)14-25/h1-8,18H,9-15H2,(H,24,28)/t18-/m1/s1. The van der Waals surface area contributed by atoms with Gasteiger partial charge in [-0.05, 0) is 41.8 Å². The van der Waals surface area contributed by atoms with E-state index in [1.54, 1.807) is 0 Å². The molecule has 0 aliphatic carbocycles. The number of halogens is 1. The van der Waals surface area contributed by atoms with Crippen molar-refractivity contribution in [3.8, 4) is 0 Å². The van der Waals surface area contributed by atoms with Gasteiger partial charge in [0.05, 0.1) is 11.7 Å². The number of carbonyl (C=O) groups is 2. The van der Waals surface area contributed by atoms with Crippen LogP contribution in [-0.4, -0.2) is 49.9 Å². The topological polar surface area (TPSA) is 86.8 Å². The van der Waals surface area contributed by atoms with Crippen molar-refractivity contribution in [1.29, 1.82) is 0 Å². The summed E-state index contributed by atoms with van der Waals surface area (Å²) in [6.07, 6.45) is 0.712. The molecule has 9 heteroatoms. The summed E-state index contributed by atoms with van der Waals surface area (Å²) in [7, 11) is -3.51. The first-order valence-electron chi connectivity index (χ1n) is 10.2. The number of anilines is 1. The maximum Gasteiger partial charge on any atom is 0.227 e. The van der Waals surface area contributed by atoms with Gasteiger partial charge in [-0.25, -0.2) is 12.8 Å². The molecule has 2 aromatic rings. The molecule has 7 nitrogen and oxygen atoms in total. The molecule has 1 fully saturated rings. The lowest BCUT2D eigenvalue weighted by Crippen LogP contribution is -2.41. The van der Waals surface area contributed by atoms with Crippen LogP contribution in [0, 0.1) is 11.7 Å². The highest BCUT2D eigenvalue weighted by molar-refractivity contribution is 7.89. The van der Waals surface area contributed by atoms with Crippen LogP contribution in [0.2, 0.25) is 0 Å². The zero-order valence-electron chi connectivity index (χ0n) is 17.0. The van der Waals surface area contributed by atoms with Crippen molar-refractivity contribution in [3.63, 3.8) is 0 Å². The van der Waals surface area contributed by atoms with Crippen LogP contribution in [0.15, 0.2) is 48.5 Å². The molecule has 0 radical (unpaired) electrons. The molecule has 1 N–H and O–H groups in total. The Morgan fingerprint density at radius 3 is 2.55 bits per heavy atom. The second-order valence-electron chi connectivity index (χ2n) is 7.84. The number of hydrogen-bond acceptors (Lipinski definition) is 4. The van der Waals surface area contributed by atoms with Gasteiger partial charge in [-0.2, -0.15) is 4.31 Å². The lowest BCUT2D eigenvalue weighted by atomic mass is 10.0. The Morgan fingerprint density at radius 1 is 1.10 bits per heavy atom. The number of amides is 2. The highest BCUT2D eigenvalue weighted by Crippen LogP contribution is 2.25. The van der Waals surface area contributed by atoms with Crippen LogP contribution in [0.5, 0.6) is 0 Å². The van der Waals surface area contributed by atoms with Gasteiger partial charge in [0.2, 0.25) is 21.8 Å². The number of benzene rings is 2. The van der Waals surface area contributed by atoms with Crippen molar-refractivity contribution >= 4 is 27.5 Å². The van der Waals surface area contributed by atoms with E-state index in [2.05, 4.69) is 5.32 Å². The number of nitrogens with zero attached hydrogens (tertiary/aromatic N) is 2. The Kier molecular flexibility index (Phi) is 6.06. The first-order valence-corrected chi connectivity index (χ1v) is 11.8. The van der Waals surface area contributed by atoms with E-state index in [1.165, 1.54) is 39.0 Å². The highest BCUT2D eigenvalue weighted by atomic mass is 32.2. The molecule has 1 atom stereocenters. The Bertz CT molecular complexity index is 1090. The summed E-state index contributed by atoms with van der Waals surface area (Å²) >= 11 is 0. The number of rotatable bonds is 6. The smallest absolute Gasteiger partial charge is 0.227 e. The van der Waals surface area contributed by atoms with Crippen molar-refractivity contribution in [2.24, 2.45) is 5.92 Å². The summed E-state index contributed by atoms with van der Waals surface area (Å²) in [6.45, 7) is 0.944. The summed E-state index contributed by atoms with van der Waals surface area (Å²) in [5.74, 6) is -1.72. The Balaban J connectivity index is 1.29. The molecule has 4 rings (SSSR count). The van der Waals surface area contributed by atoms with E-state index < -0.39 is 21.8 Å². The summed E-state index contributed by atoms with van der Waals surface area (Å²) in [5.41, 5.74) is 2.71. The first-order chi connectivity index (χ1) is 14.8. The van der Waals surface area contributed by atoms with Gasteiger partial charge in [0.1, 0.15) is 5.82 Å². The van der Waals surface area contributed by atoms with Crippen molar-refractivity contribution in [2.75, 3.05) is 30.3 Å². The Morgan fingerprint density at radius 2 is 1.81 bits per heavy atom. The lowest BCUT2D eigenvalue weighted by Gasteiger charge is -2.28. The van der Waals surface area contributed by atoms with E-state index in [-0.39, 0.29) is 37.1 Å². The molecular weight excluding hydrogens is 421 g/mol. The van der Waals surface area contributed by atoms with Crippen molar-refractivity contribution in [1.82, 2.24) is 9.62 Å². The van der Waals surface area contributed by atoms with Gasteiger partial charge in [0.25, 0.3) is 0 Å². The normalized spacial score (nSPS) is 19.3. The molecule has 2 amide bonds. The predicted molar refractivity (Wildman–Crippen MR) is 114 cm³/mol. The van der Waals surface area contributed by atoms with E-state index in [9.17, 15) is 22.4 Å². The molecule has 2 aromatic carbocycles. The minimum Gasteiger partial charge on any atom is -0.355 e. The molecule has 2 aliphatic rings. The molecule has 0 saturated carbocycles. The zero-order chi connectivity index (χ0) is 22.0. The number of hydrogen-bond donors (Lipinski definition) is 1. The molecule has 0 aromatic heterocycles. The summed E-state index contributed by atoms with van der Waals surface area (Å²) in [6, 6.07) is 13.3. The molecule has 164 valence electrons. The molecule has 2 heterocycles. The largest absolute Gasteiger partial charge is 0.355 e. The van der Waals surface area contributed by atoms with E-state index in [0.717, 1.165) is 5.56 Å². The molecular formula is C22H24FN3O4S. The van der Waals surface area contributed by atoms with Crippen LogP contribution in [0.4, 0.5) is 10.1 Å². The van der Waals surface area contributed by atoms with E-state index >= 15 is 0 Å². The Hall–Kier alpha value is -2.78. The third-order valence-electron chi connectivity index (χ3n) is 5.78. The fourth-order valence-corrected chi connectivity index (χ4v) is 5.36. The SMILES string of the molecule is O=C(NCCS(=O)(=O)N1CCc2ccccc2C1)[C@@H]1CC(=O)N(c2ccc(F)cc2)C1. The summed E-state index contributed by atoms with van der Waals surface area (Å²) in [4.78, 5) is 26.2. The zero-order valence-corrected chi connectivity index (χ0v) is 17.8. The molecule has 1 saturated heterocycles. The first kappa shape index (κ1) is 21.5. The summed E-state index contributed by atoms with van der Waals surface area (Å²) in [5, 5.41) is 2.66. The quantitative estimate of drug-likeness (QED) is 0.733. The predicted octanol–water partition coefficient (Wildman–Crippen LogP) is 1.68. The van der Waals surface area contributed by atoms with Gasteiger partial charge in [-0.3, -0.25) is 9.59 Å². The number of nitrogens with one attached hydrogen (secondary N) is 1. The third-order valence-corrected chi connectivity index (χ3v) is 7.60. The maximum atomic E-state index is 13.1. The molecule has 0 bridgehead atoms. The van der Waals surface area contributed by atoms with Crippen LogP contribution in [0.1, 0.15) is 17.5 Å². The average Bonchev–Trinajstić information content (AvgIpc) is 3.15. The summed E-state index contributed by atoms with van der Waals surface area (Å²) < 4.78 is 39.9. The van der Waals surface area contributed by atoms with Gasteiger partial charge >= 0.3 is 0 Å². The molecule has 2 aliphatic heterocycles. The average molecular weight is 446 g/mol. The molecule has 0 spiro atoms. The second kappa shape index (κ2) is 8.76. The molecule has 31 heavy (non-hydrogen) atoms. The molecule has 0 unspecified atom stereocenters. The Labute approximate surface area is 180 Å². The van der Waals surface area contributed by atoms with E-state index in [0.29, 0.717) is 25.2 Å². The van der Waals surface area contributed by atoms with Gasteiger partial charge in [0.15, 0.2) is 0 Å². The van der Waals surface area contributed by atoms with Gasteiger partial charge < -0.3 is 10.2 Å². The minimum absolute atomic E-state index is 0.0133. The highest BCUT2D eigenvalue weighted by Gasteiger charge is 2.35. The lowest BCUT2D eigenvalue weighted by molar-refractivity contribution is -0.126. The van der Waals surface area contributed by atoms with Crippen LogP contribution in [0.25, 0.3) is 0 Å². The van der Waals surface area contributed by atoms with Crippen LogP contribution in [0.3, 0.4) is 0 Å². The van der Waals surface area contributed by atoms with E-state index in [4.69, 9.17) is 0 Å². The van der Waals surface area contributed by atoms with Crippen LogP contribution < -0.4 is 10.2 Å². The van der Waals surface area contributed by atoms with Gasteiger partial charge in [-0.1, -0.05) is 24.3 Å². The van der Waals surface area contributed by atoms with Crippen molar-refractivity contribution in [3.05, 3.63) is 65.5 Å². The second-order valence-corrected chi connectivity index (χ2v) is 9.93. The third kappa shape index (κ3) is 4.77. The van der Waals surface area contributed by atoms with Crippen LogP contribution >= 0.6 is 0 Å². The fraction of sp³-hybridized carbons (Fsp3) is 0.364. The number of carbonyl (C=O) groups excluding carboxylic acids is 2.